The lowest BCUT2D eigenvalue weighted by Crippen LogP contribution is -2.58. The number of amides is 4. The number of hydrogen-bond donors (Lipinski definition) is 3. The average molecular weight is 816 g/mol. The molecule has 0 radical (unpaired) electrons. The second-order valence-corrected chi connectivity index (χ2v) is 18.3. The van der Waals surface area contributed by atoms with E-state index < -0.39 is 74.5 Å². The van der Waals surface area contributed by atoms with Crippen LogP contribution in [0.2, 0.25) is 0 Å². The number of nitrogens with one attached hydrogen (secondary N) is 3. The molecule has 5 aliphatic rings. The SMILES string of the molecule is O=C(N[C@H]1CCCCC/C=C\[C@@H]2C[C@@]2(C(=O)NS(=O)(=O)C2CC2)NC(=O)[C@@H]2C[C@@H](Oc3c4ccccc4nc4c3oc3ccc(F)cc34)CN2C1=O)OC1CCCC1. The number of fused-ring (bicyclic) bond motifs is 6. The smallest absolute Gasteiger partial charge is 0.408 e. The van der Waals surface area contributed by atoms with Gasteiger partial charge in [-0.2, -0.15) is 0 Å². The van der Waals surface area contributed by atoms with Crippen molar-refractivity contribution in [2.45, 2.75) is 119 Å². The molecule has 4 fully saturated rings. The Bertz CT molecular complexity index is 2440. The number of rotatable bonds is 7. The first-order valence-electron chi connectivity index (χ1n) is 20.4. The second kappa shape index (κ2) is 15.2. The fourth-order valence-electron chi connectivity index (χ4n) is 8.79. The number of allylic oxidation sites excluding steroid dienone is 1. The Balaban J connectivity index is 1.06. The summed E-state index contributed by atoms with van der Waals surface area (Å²) >= 11 is 0. The molecule has 3 aliphatic carbocycles. The fourth-order valence-corrected chi connectivity index (χ4v) is 10.2. The Kier molecular flexibility index (Phi) is 10.0. The molecule has 3 N–H and O–H groups in total. The van der Waals surface area contributed by atoms with Crippen molar-refractivity contribution in [3.63, 3.8) is 0 Å². The summed E-state index contributed by atoms with van der Waals surface area (Å²) in [6, 6.07) is 9.21. The number of benzene rings is 2. The van der Waals surface area contributed by atoms with Gasteiger partial charge >= 0.3 is 6.09 Å². The number of sulfonamides is 1. The molecule has 16 heteroatoms. The lowest BCUT2D eigenvalue weighted by Gasteiger charge is -2.30. The highest BCUT2D eigenvalue weighted by Gasteiger charge is 2.62. The van der Waals surface area contributed by atoms with E-state index in [0.29, 0.717) is 65.2 Å². The number of carbonyl (C=O) groups excluding carboxylic acids is 4. The van der Waals surface area contributed by atoms with Gasteiger partial charge < -0.3 is 29.4 Å². The van der Waals surface area contributed by atoms with Gasteiger partial charge in [-0.1, -0.05) is 37.1 Å². The zero-order valence-corrected chi connectivity index (χ0v) is 32.7. The third-order valence-corrected chi connectivity index (χ3v) is 14.0. The van der Waals surface area contributed by atoms with Gasteiger partial charge in [0.05, 0.1) is 17.3 Å². The first kappa shape index (κ1) is 38.3. The Hall–Kier alpha value is -5.25. The molecule has 1 saturated heterocycles. The van der Waals surface area contributed by atoms with Crippen LogP contribution < -0.4 is 20.1 Å². The van der Waals surface area contributed by atoms with Crippen LogP contribution in [0.25, 0.3) is 33.0 Å². The minimum atomic E-state index is -3.92. The topological polar surface area (TPSA) is 186 Å². The van der Waals surface area contributed by atoms with Crippen LogP contribution in [0.3, 0.4) is 0 Å². The van der Waals surface area contributed by atoms with Crippen LogP contribution >= 0.6 is 0 Å². The molecule has 9 rings (SSSR count). The largest absolute Gasteiger partial charge is 0.484 e. The maximum absolute atomic E-state index is 14.7. The molecule has 2 aromatic heterocycles. The Morgan fingerprint density at radius 2 is 1.76 bits per heavy atom. The van der Waals surface area contributed by atoms with Crippen molar-refractivity contribution >= 4 is 66.8 Å². The normalized spacial score (nSPS) is 27.6. The highest BCUT2D eigenvalue weighted by molar-refractivity contribution is 7.91. The number of carbonyl (C=O) groups is 4. The summed E-state index contributed by atoms with van der Waals surface area (Å²) in [7, 11) is -3.92. The van der Waals surface area contributed by atoms with Crippen molar-refractivity contribution in [1.29, 1.82) is 0 Å². The fraction of sp³-hybridized carbons (Fsp3) is 0.500. The molecule has 5 atom stereocenters. The number of pyridine rings is 1. The van der Waals surface area contributed by atoms with Crippen molar-refractivity contribution in [2.24, 2.45) is 5.92 Å². The van der Waals surface area contributed by atoms with E-state index in [-0.39, 0.29) is 31.1 Å². The molecule has 0 spiro atoms. The van der Waals surface area contributed by atoms with Crippen LogP contribution in [0.15, 0.2) is 59.0 Å². The van der Waals surface area contributed by atoms with Gasteiger partial charge in [-0.15, -0.1) is 0 Å². The Morgan fingerprint density at radius 1 is 0.966 bits per heavy atom. The quantitative estimate of drug-likeness (QED) is 0.197. The predicted octanol–water partition coefficient (Wildman–Crippen LogP) is 5.66. The number of furan rings is 1. The van der Waals surface area contributed by atoms with Gasteiger partial charge in [0.2, 0.25) is 21.8 Å². The third kappa shape index (κ3) is 7.46. The summed E-state index contributed by atoms with van der Waals surface area (Å²) in [5.74, 6) is -2.58. The zero-order valence-electron chi connectivity index (χ0n) is 31.9. The second-order valence-electron chi connectivity index (χ2n) is 16.4. The van der Waals surface area contributed by atoms with Crippen molar-refractivity contribution in [3.8, 4) is 5.75 Å². The molecule has 306 valence electrons. The number of ether oxygens (including phenoxy) is 2. The summed E-state index contributed by atoms with van der Waals surface area (Å²) in [4.78, 5) is 62.5. The molecule has 4 amide bonds. The molecule has 58 heavy (non-hydrogen) atoms. The number of hydrogen-bond acceptors (Lipinski definition) is 10. The molecular formula is C42H46FN5O9S. The maximum atomic E-state index is 14.7. The van der Waals surface area contributed by atoms with Gasteiger partial charge in [0.25, 0.3) is 5.91 Å². The molecule has 0 unspecified atom stereocenters. The highest BCUT2D eigenvalue weighted by Crippen LogP contribution is 2.46. The van der Waals surface area contributed by atoms with E-state index in [2.05, 4.69) is 15.4 Å². The molecule has 4 aromatic rings. The lowest BCUT2D eigenvalue weighted by molar-refractivity contribution is -0.141. The molecule has 4 heterocycles. The maximum Gasteiger partial charge on any atom is 0.408 e. The lowest BCUT2D eigenvalue weighted by atomic mass is 10.0. The van der Waals surface area contributed by atoms with E-state index in [9.17, 15) is 32.0 Å². The zero-order chi connectivity index (χ0) is 40.2. The summed E-state index contributed by atoms with van der Waals surface area (Å²) in [6.45, 7) is -0.0711. The number of halogens is 1. The van der Waals surface area contributed by atoms with Gasteiger partial charge in [-0.3, -0.25) is 19.1 Å². The minimum absolute atomic E-state index is 0.0115. The van der Waals surface area contributed by atoms with Crippen molar-refractivity contribution in [2.75, 3.05) is 6.54 Å². The van der Waals surface area contributed by atoms with Crippen molar-refractivity contribution in [1.82, 2.24) is 25.2 Å². The van der Waals surface area contributed by atoms with Gasteiger partial charge in [-0.05, 0) is 94.5 Å². The summed E-state index contributed by atoms with van der Waals surface area (Å²) < 4.78 is 61.1. The van der Waals surface area contributed by atoms with E-state index in [4.69, 9.17) is 18.9 Å². The standard InChI is InChI=1S/C42H46FN5O9S/c43-25-16-19-34-30(20-25)35-37(57-34)36(29-13-8-9-14-31(29)44-35)55-27-21-33-38(49)46-42(40(51)47-58(53,54)28-17-18-28)22-24(42)10-4-2-1-3-5-15-32(39(50)48(33)23-27)45-41(52)56-26-11-6-7-12-26/h4,8-10,13-14,16,19-20,24,26-28,32-33H,1-3,5-7,11-12,15,17-18,21-23H2,(H,45,52)(H,46,49)(H,47,51)/b10-4-/t24-,27-,32+,33+,42-/m1/s1. The molecule has 14 nitrogen and oxygen atoms in total. The van der Waals surface area contributed by atoms with E-state index in [1.807, 2.05) is 30.4 Å². The van der Waals surface area contributed by atoms with Crippen molar-refractivity contribution < 1.29 is 45.9 Å². The van der Waals surface area contributed by atoms with Gasteiger partial charge in [0.15, 0.2) is 11.3 Å². The van der Waals surface area contributed by atoms with Crippen LogP contribution in [-0.4, -0.2) is 83.7 Å². The van der Waals surface area contributed by atoms with Crippen LogP contribution in [0.4, 0.5) is 9.18 Å². The highest BCUT2D eigenvalue weighted by atomic mass is 32.2. The third-order valence-electron chi connectivity index (χ3n) is 12.2. The first-order chi connectivity index (χ1) is 28.0. The number of nitrogens with zero attached hydrogens (tertiary/aromatic N) is 2. The van der Waals surface area contributed by atoms with E-state index in [1.54, 1.807) is 6.07 Å². The Labute approximate surface area is 334 Å². The summed E-state index contributed by atoms with van der Waals surface area (Å²) in [6.07, 6.45) is 9.72. The van der Waals surface area contributed by atoms with Gasteiger partial charge in [-0.25, -0.2) is 22.6 Å². The van der Waals surface area contributed by atoms with E-state index in [0.717, 1.165) is 38.5 Å². The molecule has 2 aromatic carbocycles. The number of para-hydroxylation sites is 1. The van der Waals surface area contributed by atoms with E-state index in [1.165, 1.54) is 23.1 Å². The first-order valence-corrected chi connectivity index (χ1v) is 21.9. The van der Waals surface area contributed by atoms with E-state index >= 15 is 0 Å². The average Bonchev–Trinajstić information content (AvgIpc) is 4.02. The predicted molar refractivity (Wildman–Crippen MR) is 210 cm³/mol. The van der Waals surface area contributed by atoms with Crippen LogP contribution in [0.5, 0.6) is 5.75 Å². The number of aromatic nitrogens is 1. The monoisotopic (exact) mass is 815 g/mol. The molecular weight excluding hydrogens is 770 g/mol. The molecule has 3 saturated carbocycles. The van der Waals surface area contributed by atoms with Crippen LogP contribution in [0, 0.1) is 11.7 Å². The van der Waals surface area contributed by atoms with Gasteiger partial charge in [0, 0.05) is 23.1 Å². The number of alkyl carbamates (subject to hydrolysis) is 1. The summed E-state index contributed by atoms with van der Waals surface area (Å²) in [5.41, 5.74) is 0.0797. The van der Waals surface area contributed by atoms with Crippen molar-refractivity contribution in [3.05, 3.63) is 60.4 Å². The summed E-state index contributed by atoms with van der Waals surface area (Å²) in [5, 5.41) is 6.11. The van der Waals surface area contributed by atoms with Crippen LogP contribution in [-0.2, 0) is 29.1 Å². The molecule has 2 aliphatic heterocycles. The molecule has 0 bridgehead atoms. The minimum Gasteiger partial charge on any atom is -0.484 e. The Morgan fingerprint density at radius 3 is 2.57 bits per heavy atom. The van der Waals surface area contributed by atoms with Crippen LogP contribution in [0.1, 0.15) is 83.5 Å². The van der Waals surface area contributed by atoms with Gasteiger partial charge in [0.1, 0.15) is 46.7 Å².